The number of amides is 2. The van der Waals surface area contributed by atoms with Gasteiger partial charge in [-0.3, -0.25) is 14.5 Å². The monoisotopic (exact) mass is 233 g/mol. The number of hydrogen-bond donors (Lipinski definition) is 0. The normalized spacial score (nSPS) is 38.1. The van der Waals surface area contributed by atoms with Gasteiger partial charge in [0.15, 0.2) is 0 Å². The van der Waals surface area contributed by atoms with E-state index in [-0.39, 0.29) is 11.8 Å². The molecule has 0 aromatic rings. The van der Waals surface area contributed by atoms with Gasteiger partial charge in [0, 0.05) is 18.2 Å². The Morgan fingerprint density at radius 1 is 1.12 bits per heavy atom. The van der Waals surface area contributed by atoms with Crippen molar-refractivity contribution in [2.45, 2.75) is 27.2 Å². The van der Waals surface area contributed by atoms with Crippen LogP contribution in [-0.4, -0.2) is 23.8 Å². The highest BCUT2D eigenvalue weighted by Gasteiger charge is 2.39. The lowest BCUT2D eigenvalue weighted by molar-refractivity contribution is -0.134. The van der Waals surface area contributed by atoms with Gasteiger partial charge in [-0.1, -0.05) is 26.0 Å². The van der Waals surface area contributed by atoms with Crippen LogP contribution in [-0.2, 0) is 9.59 Å². The number of imide groups is 1. The smallest absolute Gasteiger partial charge is 0.260 e. The molecule has 1 heterocycles. The highest BCUT2D eigenvalue weighted by atomic mass is 16.2. The molecule has 0 aromatic heterocycles. The first-order chi connectivity index (χ1) is 7.97. The van der Waals surface area contributed by atoms with Crippen LogP contribution in [0.4, 0.5) is 0 Å². The largest absolute Gasteiger partial charge is 0.277 e. The van der Waals surface area contributed by atoms with Crippen LogP contribution in [0.15, 0.2) is 23.3 Å². The lowest BCUT2D eigenvalue weighted by atomic mass is 9.66. The van der Waals surface area contributed by atoms with E-state index in [1.54, 1.807) is 20.0 Å². The maximum Gasteiger partial charge on any atom is 0.260 e. The van der Waals surface area contributed by atoms with Crippen LogP contribution < -0.4 is 0 Å². The Bertz CT molecular complexity index is 426. The molecular weight excluding hydrogens is 214 g/mol. The van der Waals surface area contributed by atoms with Crippen molar-refractivity contribution in [2.75, 3.05) is 7.05 Å². The Labute approximate surface area is 102 Å². The fourth-order valence-electron chi connectivity index (χ4n) is 2.91. The maximum absolute atomic E-state index is 12.0. The van der Waals surface area contributed by atoms with Crippen molar-refractivity contribution >= 4 is 11.8 Å². The number of allylic oxidation sites excluding steroid dienone is 2. The molecule has 17 heavy (non-hydrogen) atoms. The van der Waals surface area contributed by atoms with Crippen LogP contribution in [0.1, 0.15) is 27.2 Å². The number of rotatable bonds is 1. The summed E-state index contributed by atoms with van der Waals surface area (Å²) in [4.78, 5) is 25.0. The third kappa shape index (κ3) is 1.74. The van der Waals surface area contributed by atoms with Crippen LogP contribution in [0.5, 0.6) is 0 Å². The molecule has 1 saturated carbocycles. The standard InChI is InChI=1S/C14H19NO2/c1-5-10-12(14(17)15(4)13(10)16)7-11-8(2)6-9(11)3/h5,7-9,11H,6H2,1-4H3/b10-5+,12-7+. The molecule has 2 aliphatic rings. The first-order valence-corrected chi connectivity index (χ1v) is 6.18. The highest BCUT2D eigenvalue weighted by molar-refractivity contribution is 6.24. The van der Waals surface area contributed by atoms with Gasteiger partial charge < -0.3 is 0 Å². The Hall–Kier alpha value is -1.38. The molecule has 1 aliphatic carbocycles. The molecule has 0 N–H and O–H groups in total. The van der Waals surface area contributed by atoms with E-state index in [4.69, 9.17) is 0 Å². The third-order valence-electron chi connectivity index (χ3n) is 4.07. The Kier molecular flexibility index (Phi) is 2.94. The van der Waals surface area contributed by atoms with Gasteiger partial charge in [-0.05, 0) is 31.1 Å². The average molecular weight is 233 g/mol. The minimum Gasteiger partial charge on any atom is -0.277 e. The van der Waals surface area contributed by atoms with Crippen LogP contribution in [0.2, 0.25) is 0 Å². The van der Waals surface area contributed by atoms with Gasteiger partial charge in [0.1, 0.15) is 0 Å². The predicted molar refractivity (Wildman–Crippen MR) is 66.1 cm³/mol. The molecule has 3 nitrogen and oxygen atoms in total. The molecule has 0 aromatic carbocycles. The first-order valence-electron chi connectivity index (χ1n) is 6.18. The Balaban J connectivity index is 2.34. The van der Waals surface area contributed by atoms with Gasteiger partial charge in [-0.2, -0.15) is 0 Å². The molecule has 2 atom stereocenters. The molecule has 2 unspecified atom stereocenters. The maximum atomic E-state index is 12.0. The SMILES string of the molecule is C/C=C1/C(=O)N(C)C(=O)/C1=C/C1C(C)CC1C. The summed E-state index contributed by atoms with van der Waals surface area (Å²) in [5.74, 6) is 1.33. The van der Waals surface area contributed by atoms with Gasteiger partial charge >= 0.3 is 0 Å². The second kappa shape index (κ2) is 4.13. The highest BCUT2D eigenvalue weighted by Crippen LogP contribution is 2.42. The number of likely N-dealkylation sites (N-methyl/N-ethyl adjacent to an activating group) is 1. The van der Waals surface area contributed by atoms with Gasteiger partial charge in [0.2, 0.25) is 0 Å². The Morgan fingerprint density at radius 3 is 2.12 bits per heavy atom. The van der Waals surface area contributed by atoms with Crippen molar-refractivity contribution in [3.63, 3.8) is 0 Å². The van der Waals surface area contributed by atoms with E-state index in [1.807, 2.05) is 6.08 Å². The minimum absolute atomic E-state index is 0.158. The summed E-state index contributed by atoms with van der Waals surface area (Å²) in [6.07, 6.45) is 4.96. The van der Waals surface area contributed by atoms with Crippen LogP contribution in [0.3, 0.4) is 0 Å². The molecule has 0 radical (unpaired) electrons. The summed E-state index contributed by atoms with van der Waals surface area (Å²) in [7, 11) is 1.54. The van der Waals surface area contributed by atoms with Crippen LogP contribution in [0, 0.1) is 17.8 Å². The number of hydrogen-bond acceptors (Lipinski definition) is 2. The fourth-order valence-corrected chi connectivity index (χ4v) is 2.91. The van der Waals surface area contributed by atoms with Crippen molar-refractivity contribution in [1.29, 1.82) is 0 Å². The molecule has 1 saturated heterocycles. The van der Waals surface area contributed by atoms with Crippen molar-refractivity contribution in [3.05, 3.63) is 23.3 Å². The zero-order valence-corrected chi connectivity index (χ0v) is 10.9. The molecular formula is C14H19NO2. The van der Waals surface area contributed by atoms with E-state index in [1.165, 1.54) is 11.3 Å². The van der Waals surface area contributed by atoms with Crippen molar-refractivity contribution in [2.24, 2.45) is 17.8 Å². The molecule has 1 aliphatic heterocycles. The molecule has 3 heteroatoms. The fraction of sp³-hybridized carbons (Fsp3) is 0.571. The zero-order valence-electron chi connectivity index (χ0n) is 10.9. The number of carbonyl (C=O) groups excluding carboxylic acids is 2. The molecule has 2 amide bonds. The topological polar surface area (TPSA) is 37.4 Å². The lowest BCUT2D eigenvalue weighted by Crippen LogP contribution is -2.32. The zero-order chi connectivity index (χ0) is 12.7. The Morgan fingerprint density at radius 2 is 1.65 bits per heavy atom. The summed E-state index contributed by atoms with van der Waals surface area (Å²) >= 11 is 0. The first kappa shape index (κ1) is 12.1. The second-order valence-corrected chi connectivity index (χ2v) is 5.22. The van der Waals surface area contributed by atoms with E-state index >= 15 is 0 Å². The quantitative estimate of drug-likeness (QED) is 0.514. The average Bonchev–Trinajstić information content (AvgIpc) is 2.50. The number of nitrogens with zero attached hydrogens (tertiary/aromatic N) is 1. The number of carbonyl (C=O) groups is 2. The summed E-state index contributed by atoms with van der Waals surface area (Å²) in [5, 5.41) is 0. The predicted octanol–water partition coefficient (Wildman–Crippen LogP) is 2.15. The summed E-state index contributed by atoms with van der Waals surface area (Å²) in [5.41, 5.74) is 1.16. The molecule has 92 valence electrons. The van der Waals surface area contributed by atoms with Crippen LogP contribution >= 0.6 is 0 Å². The van der Waals surface area contributed by atoms with E-state index in [9.17, 15) is 9.59 Å². The van der Waals surface area contributed by atoms with E-state index in [2.05, 4.69) is 13.8 Å². The summed E-state index contributed by atoms with van der Waals surface area (Å²) < 4.78 is 0. The lowest BCUT2D eigenvalue weighted by Gasteiger charge is -2.39. The second-order valence-electron chi connectivity index (χ2n) is 5.22. The van der Waals surface area contributed by atoms with Gasteiger partial charge in [-0.15, -0.1) is 0 Å². The summed E-state index contributed by atoms with van der Waals surface area (Å²) in [6, 6.07) is 0. The molecule has 0 bridgehead atoms. The van der Waals surface area contributed by atoms with E-state index in [0.717, 1.165) is 0 Å². The summed E-state index contributed by atoms with van der Waals surface area (Å²) in [6.45, 7) is 6.20. The third-order valence-corrected chi connectivity index (χ3v) is 4.07. The molecule has 2 fully saturated rings. The minimum atomic E-state index is -0.177. The van der Waals surface area contributed by atoms with Gasteiger partial charge in [-0.25, -0.2) is 0 Å². The van der Waals surface area contributed by atoms with Crippen molar-refractivity contribution < 1.29 is 9.59 Å². The van der Waals surface area contributed by atoms with Gasteiger partial charge in [0.05, 0.1) is 0 Å². The molecule has 2 rings (SSSR count). The van der Waals surface area contributed by atoms with Crippen molar-refractivity contribution in [1.82, 2.24) is 4.90 Å². The molecule has 0 spiro atoms. The van der Waals surface area contributed by atoms with Crippen LogP contribution in [0.25, 0.3) is 0 Å². The van der Waals surface area contributed by atoms with Crippen molar-refractivity contribution in [3.8, 4) is 0 Å². The van der Waals surface area contributed by atoms with Gasteiger partial charge in [0.25, 0.3) is 11.8 Å². The van der Waals surface area contributed by atoms with E-state index < -0.39 is 0 Å². The number of likely N-dealkylation sites (tertiary alicyclic amines) is 1. The van der Waals surface area contributed by atoms with E-state index in [0.29, 0.717) is 28.9 Å².